The maximum atomic E-state index is 9.06. The van der Waals surface area contributed by atoms with Crippen molar-refractivity contribution in [1.29, 1.82) is 0 Å². The number of aliphatic hydroxyl groups excluding tert-OH is 2. The Labute approximate surface area is 69.2 Å². The Morgan fingerprint density at radius 3 is 1.55 bits per heavy atom. The summed E-state index contributed by atoms with van der Waals surface area (Å²) in [5.41, 5.74) is -0.288. The SMILES string of the molecule is CCC(CC)C(C)(CO)CO. The van der Waals surface area contributed by atoms with E-state index in [0.29, 0.717) is 5.92 Å². The van der Waals surface area contributed by atoms with Gasteiger partial charge in [-0.1, -0.05) is 33.6 Å². The first-order valence-electron chi connectivity index (χ1n) is 4.36. The lowest BCUT2D eigenvalue weighted by molar-refractivity contribution is 0.0158. The van der Waals surface area contributed by atoms with Gasteiger partial charge in [-0.15, -0.1) is 0 Å². The van der Waals surface area contributed by atoms with E-state index in [1.807, 2.05) is 6.92 Å². The van der Waals surface area contributed by atoms with Crippen LogP contribution in [0.15, 0.2) is 0 Å². The smallest absolute Gasteiger partial charge is 0.0509 e. The summed E-state index contributed by atoms with van der Waals surface area (Å²) in [6, 6.07) is 0. The van der Waals surface area contributed by atoms with Gasteiger partial charge >= 0.3 is 0 Å². The molecule has 0 amide bonds. The maximum absolute atomic E-state index is 9.06. The summed E-state index contributed by atoms with van der Waals surface area (Å²) in [4.78, 5) is 0. The molecular weight excluding hydrogens is 140 g/mol. The molecule has 0 aliphatic carbocycles. The van der Waals surface area contributed by atoms with E-state index in [-0.39, 0.29) is 18.6 Å². The molecule has 0 atom stereocenters. The monoisotopic (exact) mass is 160 g/mol. The zero-order chi connectivity index (χ0) is 8.91. The van der Waals surface area contributed by atoms with Crippen molar-refractivity contribution in [2.45, 2.75) is 33.6 Å². The Kier molecular flexibility index (Phi) is 4.69. The first-order chi connectivity index (χ1) is 5.14. The third-order valence-corrected chi connectivity index (χ3v) is 2.69. The Morgan fingerprint density at radius 2 is 1.45 bits per heavy atom. The molecule has 0 saturated heterocycles. The van der Waals surface area contributed by atoms with Gasteiger partial charge < -0.3 is 10.2 Å². The van der Waals surface area contributed by atoms with E-state index >= 15 is 0 Å². The summed E-state index contributed by atoms with van der Waals surface area (Å²) in [6.45, 7) is 6.28. The summed E-state index contributed by atoms with van der Waals surface area (Å²) in [5.74, 6) is 0.428. The van der Waals surface area contributed by atoms with E-state index in [9.17, 15) is 0 Å². The van der Waals surface area contributed by atoms with Crippen LogP contribution >= 0.6 is 0 Å². The van der Waals surface area contributed by atoms with Crippen LogP contribution in [0.1, 0.15) is 33.6 Å². The predicted molar refractivity (Wildman–Crippen MR) is 46.4 cm³/mol. The minimum Gasteiger partial charge on any atom is -0.396 e. The van der Waals surface area contributed by atoms with Crippen molar-refractivity contribution >= 4 is 0 Å². The zero-order valence-corrected chi connectivity index (χ0v) is 7.80. The molecular formula is C9H20O2. The largest absolute Gasteiger partial charge is 0.396 e. The molecule has 11 heavy (non-hydrogen) atoms. The topological polar surface area (TPSA) is 40.5 Å². The van der Waals surface area contributed by atoms with Gasteiger partial charge in [-0.25, -0.2) is 0 Å². The first-order valence-corrected chi connectivity index (χ1v) is 4.36. The van der Waals surface area contributed by atoms with Gasteiger partial charge in [0.15, 0.2) is 0 Å². The van der Waals surface area contributed by atoms with Gasteiger partial charge in [-0.3, -0.25) is 0 Å². The van der Waals surface area contributed by atoms with E-state index in [4.69, 9.17) is 10.2 Å². The van der Waals surface area contributed by atoms with Crippen molar-refractivity contribution in [2.75, 3.05) is 13.2 Å². The highest BCUT2D eigenvalue weighted by molar-refractivity contribution is 4.79. The molecule has 0 rings (SSSR count). The molecule has 0 aliphatic heterocycles. The van der Waals surface area contributed by atoms with E-state index in [0.717, 1.165) is 12.8 Å². The summed E-state index contributed by atoms with van der Waals surface area (Å²) in [7, 11) is 0. The van der Waals surface area contributed by atoms with Crippen molar-refractivity contribution in [3.05, 3.63) is 0 Å². The Hall–Kier alpha value is -0.0800. The molecule has 2 N–H and O–H groups in total. The van der Waals surface area contributed by atoms with Crippen LogP contribution in [-0.4, -0.2) is 23.4 Å². The molecule has 0 fully saturated rings. The molecule has 0 aromatic carbocycles. The lowest BCUT2D eigenvalue weighted by Crippen LogP contribution is -2.34. The lowest BCUT2D eigenvalue weighted by Gasteiger charge is -2.33. The fourth-order valence-electron chi connectivity index (χ4n) is 1.58. The van der Waals surface area contributed by atoms with E-state index in [2.05, 4.69) is 13.8 Å². The predicted octanol–water partition coefficient (Wildman–Crippen LogP) is 1.41. The summed E-state index contributed by atoms with van der Waals surface area (Å²) in [6.07, 6.45) is 2.04. The first kappa shape index (κ1) is 10.9. The lowest BCUT2D eigenvalue weighted by atomic mass is 9.75. The van der Waals surface area contributed by atoms with Crippen LogP contribution in [0.2, 0.25) is 0 Å². The van der Waals surface area contributed by atoms with Gasteiger partial charge in [0.25, 0.3) is 0 Å². The third-order valence-electron chi connectivity index (χ3n) is 2.69. The summed E-state index contributed by atoms with van der Waals surface area (Å²) in [5, 5.41) is 18.1. The second-order valence-corrected chi connectivity index (χ2v) is 3.48. The third kappa shape index (κ3) is 2.46. The normalized spacial score (nSPS) is 12.5. The Bertz CT molecular complexity index is 93.7. The van der Waals surface area contributed by atoms with Crippen LogP contribution in [0, 0.1) is 11.3 Å². The second kappa shape index (κ2) is 4.73. The zero-order valence-electron chi connectivity index (χ0n) is 7.80. The maximum Gasteiger partial charge on any atom is 0.0509 e. The molecule has 2 heteroatoms. The fraction of sp³-hybridized carbons (Fsp3) is 1.00. The summed E-state index contributed by atoms with van der Waals surface area (Å²) < 4.78 is 0. The van der Waals surface area contributed by atoms with Crippen LogP contribution in [0.25, 0.3) is 0 Å². The average molecular weight is 160 g/mol. The van der Waals surface area contributed by atoms with Crippen molar-refractivity contribution in [2.24, 2.45) is 11.3 Å². The molecule has 68 valence electrons. The van der Waals surface area contributed by atoms with Crippen LogP contribution in [0.4, 0.5) is 0 Å². The highest BCUT2D eigenvalue weighted by Crippen LogP contribution is 2.31. The minimum atomic E-state index is -0.288. The molecule has 0 spiro atoms. The molecule has 2 nitrogen and oxygen atoms in total. The number of hydrogen-bond acceptors (Lipinski definition) is 2. The molecule has 0 radical (unpaired) electrons. The van der Waals surface area contributed by atoms with Gasteiger partial charge in [0.1, 0.15) is 0 Å². The molecule has 0 saturated carbocycles. The molecule has 0 aromatic heterocycles. The van der Waals surface area contributed by atoms with Gasteiger partial charge in [0, 0.05) is 5.41 Å². The Morgan fingerprint density at radius 1 is 1.09 bits per heavy atom. The van der Waals surface area contributed by atoms with Crippen LogP contribution in [0.3, 0.4) is 0 Å². The van der Waals surface area contributed by atoms with Gasteiger partial charge in [-0.05, 0) is 5.92 Å². The average Bonchev–Trinajstić information content (AvgIpc) is 2.06. The van der Waals surface area contributed by atoms with E-state index in [1.54, 1.807) is 0 Å². The van der Waals surface area contributed by atoms with Crippen LogP contribution < -0.4 is 0 Å². The molecule has 0 aromatic rings. The molecule has 0 aliphatic rings. The second-order valence-electron chi connectivity index (χ2n) is 3.48. The van der Waals surface area contributed by atoms with E-state index < -0.39 is 0 Å². The molecule has 0 bridgehead atoms. The molecule has 0 unspecified atom stereocenters. The molecule has 0 heterocycles. The standard InChI is InChI=1S/C9H20O2/c1-4-8(5-2)9(3,6-10)7-11/h8,10-11H,4-7H2,1-3H3. The van der Waals surface area contributed by atoms with Crippen LogP contribution in [-0.2, 0) is 0 Å². The highest BCUT2D eigenvalue weighted by atomic mass is 16.3. The number of aliphatic hydroxyl groups is 2. The minimum absolute atomic E-state index is 0.0792. The summed E-state index contributed by atoms with van der Waals surface area (Å²) >= 11 is 0. The van der Waals surface area contributed by atoms with Crippen molar-refractivity contribution < 1.29 is 10.2 Å². The van der Waals surface area contributed by atoms with Crippen molar-refractivity contribution in [3.63, 3.8) is 0 Å². The van der Waals surface area contributed by atoms with Gasteiger partial charge in [0.05, 0.1) is 13.2 Å². The van der Waals surface area contributed by atoms with Gasteiger partial charge in [-0.2, -0.15) is 0 Å². The van der Waals surface area contributed by atoms with Crippen molar-refractivity contribution in [1.82, 2.24) is 0 Å². The fourth-order valence-corrected chi connectivity index (χ4v) is 1.58. The van der Waals surface area contributed by atoms with Gasteiger partial charge in [0.2, 0.25) is 0 Å². The highest BCUT2D eigenvalue weighted by Gasteiger charge is 2.30. The number of rotatable bonds is 5. The van der Waals surface area contributed by atoms with Crippen molar-refractivity contribution in [3.8, 4) is 0 Å². The Balaban J connectivity index is 4.19. The van der Waals surface area contributed by atoms with E-state index in [1.165, 1.54) is 0 Å². The van der Waals surface area contributed by atoms with Crippen LogP contribution in [0.5, 0.6) is 0 Å². The quantitative estimate of drug-likeness (QED) is 0.638. The number of hydrogen-bond donors (Lipinski definition) is 2.